The van der Waals surface area contributed by atoms with Crippen LogP contribution in [0.1, 0.15) is 18.1 Å². The number of methoxy groups -OCH3 is 3. The first kappa shape index (κ1) is 14.4. The molecule has 0 saturated carbocycles. The van der Waals surface area contributed by atoms with Crippen molar-refractivity contribution >= 4 is 0 Å². The number of benzene rings is 2. The molecular formula is C17H20O3. The largest absolute Gasteiger partial charge is 0.497 e. The molecule has 0 bridgehead atoms. The third-order valence-corrected chi connectivity index (χ3v) is 3.69. The second-order valence-corrected chi connectivity index (χ2v) is 4.69. The summed E-state index contributed by atoms with van der Waals surface area (Å²) in [6.07, 6.45) is 0. The van der Waals surface area contributed by atoms with Crippen molar-refractivity contribution in [1.82, 2.24) is 0 Å². The molecule has 3 nitrogen and oxygen atoms in total. The van der Waals surface area contributed by atoms with Gasteiger partial charge in [-0.1, -0.05) is 24.3 Å². The van der Waals surface area contributed by atoms with Gasteiger partial charge in [-0.15, -0.1) is 0 Å². The van der Waals surface area contributed by atoms with Gasteiger partial charge in [0, 0.05) is 7.11 Å². The lowest BCUT2D eigenvalue weighted by Crippen LogP contribution is -2.25. The maximum Gasteiger partial charge on any atom is 0.118 e. The standard InChI is InChI=1S/C17H20O3/c1-17(20-4,13-5-9-15(18-2)10-6-13)14-7-11-16(19-3)12-8-14/h5-12H,1-4H3. The molecule has 3 heteroatoms. The highest BCUT2D eigenvalue weighted by atomic mass is 16.5. The molecule has 2 aromatic carbocycles. The maximum atomic E-state index is 5.78. The van der Waals surface area contributed by atoms with Gasteiger partial charge in [-0.25, -0.2) is 0 Å². The van der Waals surface area contributed by atoms with Crippen molar-refractivity contribution in [2.24, 2.45) is 0 Å². The maximum absolute atomic E-state index is 5.78. The van der Waals surface area contributed by atoms with Gasteiger partial charge in [-0.2, -0.15) is 0 Å². The lowest BCUT2D eigenvalue weighted by atomic mass is 9.88. The van der Waals surface area contributed by atoms with E-state index >= 15 is 0 Å². The van der Waals surface area contributed by atoms with Gasteiger partial charge in [0.25, 0.3) is 0 Å². The quantitative estimate of drug-likeness (QED) is 0.832. The molecule has 0 saturated heterocycles. The highest BCUT2D eigenvalue weighted by Gasteiger charge is 2.28. The third-order valence-electron chi connectivity index (χ3n) is 3.69. The van der Waals surface area contributed by atoms with E-state index in [9.17, 15) is 0 Å². The lowest BCUT2D eigenvalue weighted by molar-refractivity contribution is 0.0390. The minimum atomic E-state index is -0.501. The summed E-state index contributed by atoms with van der Waals surface area (Å²) in [7, 11) is 5.04. The molecule has 0 heterocycles. The van der Waals surface area contributed by atoms with Crippen LogP contribution >= 0.6 is 0 Å². The zero-order valence-corrected chi connectivity index (χ0v) is 12.3. The summed E-state index contributed by atoms with van der Waals surface area (Å²) in [5.41, 5.74) is 1.65. The molecule has 0 aliphatic carbocycles. The summed E-state index contributed by atoms with van der Waals surface area (Å²) in [4.78, 5) is 0. The molecule has 0 radical (unpaired) electrons. The third kappa shape index (κ3) is 2.63. The van der Waals surface area contributed by atoms with Crippen LogP contribution in [-0.4, -0.2) is 21.3 Å². The van der Waals surface area contributed by atoms with Crippen LogP contribution in [0.2, 0.25) is 0 Å². The molecule has 2 rings (SSSR count). The molecule has 106 valence electrons. The van der Waals surface area contributed by atoms with E-state index in [2.05, 4.69) is 6.92 Å². The van der Waals surface area contributed by atoms with Gasteiger partial charge in [0.1, 0.15) is 17.1 Å². The summed E-state index contributed by atoms with van der Waals surface area (Å²) in [6.45, 7) is 2.05. The molecule has 2 aromatic rings. The van der Waals surface area contributed by atoms with Crippen molar-refractivity contribution in [3.8, 4) is 11.5 Å². The monoisotopic (exact) mass is 272 g/mol. The van der Waals surface area contributed by atoms with Gasteiger partial charge in [-0.05, 0) is 42.3 Å². The minimum absolute atomic E-state index is 0.501. The SMILES string of the molecule is COc1ccc(C(C)(OC)c2ccc(OC)cc2)cc1. The van der Waals surface area contributed by atoms with Crippen LogP contribution in [0.15, 0.2) is 48.5 Å². The summed E-state index contributed by atoms with van der Waals surface area (Å²) in [6, 6.07) is 15.8. The Labute approximate surface area is 120 Å². The zero-order chi connectivity index (χ0) is 14.6. The summed E-state index contributed by atoms with van der Waals surface area (Å²) in [5.74, 6) is 1.67. The lowest BCUT2D eigenvalue weighted by Gasteiger charge is -2.29. The topological polar surface area (TPSA) is 27.7 Å². The van der Waals surface area contributed by atoms with Crippen LogP contribution in [0.5, 0.6) is 11.5 Å². The molecule has 0 aliphatic rings. The predicted molar refractivity (Wildman–Crippen MR) is 79.5 cm³/mol. The van der Waals surface area contributed by atoms with Crippen LogP contribution in [0.25, 0.3) is 0 Å². The van der Waals surface area contributed by atoms with Crippen molar-refractivity contribution < 1.29 is 14.2 Å². The van der Waals surface area contributed by atoms with E-state index in [1.54, 1.807) is 21.3 Å². The van der Waals surface area contributed by atoms with E-state index in [1.165, 1.54) is 0 Å². The number of ether oxygens (including phenoxy) is 3. The van der Waals surface area contributed by atoms with Crippen molar-refractivity contribution in [2.75, 3.05) is 21.3 Å². The Hall–Kier alpha value is -2.00. The van der Waals surface area contributed by atoms with E-state index in [0.717, 1.165) is 22.6 Å². The van der Waals surface area contributed by atoms with Gasteiger partial charge in [-0.3, -0.25) is 0 Å². The first-order valence-corrected chi connectivity index (χ1v) is 6.48. The van der Waals surface area contributed by atoms with Crippen LogP contribution in [-0.2, 0) is 10.3 Å². The first-order valence-electron chi connectivity index (χ1n) is 6.48. The first-order chi connectivity index (χ1) is 9.63. The Morgan fingerprint density at radius 2 is 1.00 bits per heavy atom. The van der Waals surface area contributed by atoms with E-state index in [-0.39, 0.29) is 0 Å². The molecule has 0 N–H and O–H groups in total. The molecule has 0 fully saturated rings. The van der Waals surface area contributed by atoms with E-state index in [1.807, 2.05) is 48.5 Å². The molecule has 0 amide bonds. The number of hydrogen-bond acceptors (Lipinski definition) is 3. The molecule has 0 spiro atoms. The minimum Gasteiger partial charge on any atom is -0.497 e. The number of rotatable bonds is 5. The van der Waals surface area contributed by atoms with E-state index in [0.29, 0.717) is 0 Å². The van der Waals surface area contributed by atoms with Gasteiger partial charge in [0.15, 0.2) is 0 Å². The normalized spacial score (nSPS) is 11.2. The second kappa shape index (κ2) is 5.97. The average molecular weight is 272 g/mol. The summed E-state index contributed by atoms with van der Waals surface area (Å²) in [5, 5.41) is 0. The Balaban J connectivity index is 2.39. The van der Waals surface area contributed by atoms with Gasteiger partial charge in [0.05, 0.1) is 14.2 Å². The van der Waals surface area contributed by atoms with Crippen LogP contribution in [0.4, 0.5) is 0 Å². The van der Waals surface area contributed by atoms with E-state index < -0.39 is 5.60 Å². The zero-order valence-electron chi connectivity index (χ0n) is 12.3. The smallest absolute Gasteiger partial charge is 0.118 e. The summed E-state index contributed by atoms with van der Waals surface area (Å²) < 4.78 is 16.2. The van der Waals surface area contributed by atoms with Crippen molar-refractivity contribution in [1.29, 1.82) is 0 Å². The Kier molecular flexibility index (Phi) is 4.30. The fourth-order valence-corrected chi connectivity index (χ4v) is 2.22. The molecule has 20 heavy (non-hydrogen) atoms. The van der Waals surface area contributed by atoms with Gasteiger partial charge in [0.2, 0.25) is 0 Å². The van der Waals surface area contributed by atoms with Crippen molar-refractivity contribution in [3.05, 3.63) is 59.7 Å². The fraction of sp³-hybridized carbons (Fsp3) is 0.294. The Morgan fingerprint density at radius 1 is 0.650 bits per heavy atom. The van der Waals surface area contributed by atoms with Crippen molar-refractivity contribution in [2.45, 2.75) is 12.5 Å². The summed E-state index contributed by atoms with van der Waals surface area (Å²) >= 11 is 0. The Bertz CT molecular complexity index is 496. The Morgan fingerprint density at radius 3 is 1.25 bits per heavy atom. The molecule has 0 aromatic heterocycles. The van der Waals surface area contributed by atoms with E-state index in [4.69, 9.17) is 14.2 Å². The highest BCUT2D eigenvalue weighted by molar-refractivity contribution is 5.40. The van der Waals surface area contributed by atoms with Crippen LogP contribution in [0, 0.1) is 0 Å². The molecule has 0 aliphatic heterocycles. The van der Waals surface area contributed by atoms with Crippen LogP contribution in [0.3, 0.4) is 0 Å². The molecule has 0 unspecified atom stereocenters. The van der Waals surface area contributed by atoms with Gasteiger partial charge < -0.3 is 14.2 Å². The van der Waals surface area contributed by atoms with Gasteiger partial charge >= 0.3 is 0 Å². The second-order valence-electron chi connectivity index (χ2n) is 4.69. The van der Waals surface area contributed by atoms with Crippen LogP contribution < -0.4 is 9.47 Å². The fourth-order valence-electron chi connectivity index (χ4n) is 2.22. The molecule has 0 atom stereocenters. The molecular weight excluding hydrogens is 252 g/mol. The van der Waals surface area contributed by atoms with Crippen molar-refractivity contribution in [3.63, 3.8) is 0 Å². The predicted octanol–water partition coefficient (Wildman–Crippen LogP) is 3.61. The highest BCUT2D eigenvalue weighted by Crippen LogP contribution is 2.34. The number of hydrogen-bond donors (Lipinski definition) is 0. The average Bonchev–Trinajstić information content (AvgIpc) is 2.54.